The Morgan fingerprint density at radius 3 is 2.68 bits per heavy atom. The zero-order valence-electron chi connectivity index (χ0n) is 14.4. The van der Waals surface area contributed by atoms with E-state index in [1.807, 2.05) is 19.1 Å². The highest BCUT2D eigenvalue weighted by atomic mass is 79.9. The fourth-order valence-electron chi connectivity index (χ4n) is 3.24. The molecule has 130 valence electrons. The highest BCUT2D eigenvalue weighted by molar-refractivity contribution is 9.10. The Morgan fingerprint density at radius 2 is 1.84 bits per heavy atom. The lowest BCUT2D eigenvalue weighted by molar-refractivity contribution is -0.143. The molecule has 1 aromatic heterocycles. The van der Waals surface area contributed by atoms with Crippen molar-refractivity contribution in [3.05, 3.63) is 52.5 Å². The summed E-state index contributed by atoms with van der Waals surface area (Å²) in [5.74, 6) is -0.0925. The number of nitrogens with zero attached hydrogens (tertiary/aromatic N) is 1. The van der Waals surface area contributed by atoms with Crippen LogP contribution in [0.1, 0.15) is 38.2 Å². The second-order valence-electron chi connectivity index (χ2n) is 6.11. The molecule has 25 heavy (non-hydrogen) atoms. The van der Waals surface area contributed by atoms with Crippen LogP contribution < -0.4 is 0 Å². The van der Waals surface area contributed by atoms with Gasteiger partial charge in [0.05, 0.1) is 17.6 Å². The van der Waals surface area contributed by atoms with E-state index < -0.39 is 0 Å². The van der Waals surface area contributed by atoms with E-state index in [1.54, 1.807) is 0 Å². The predicted molar refractivity (Wildman–Crippen MR) is 106 cm³/mol. The maximum absolute atomic E-state index is 11.4. The first-order valence-electron chi connectivity index (χ1n) is 8.82. The normalized spacial score (nSPS) is 11.1. The number of para-hydroxylation sites is 1. The van der Waals surface area contributed by atoms with Crippen molar-refractivity contribution in [3.8, 4) is 0 Å². The molecular weight excluding hydrogens is 378 g/mol. The number of fused-ring (bicyclic) bond motifs is 2. The molecule has 0 fully saturated rings. The zero-order valence-corrected chi connectivity index (χ0v) is 16.0. The number of rotatable bonds is 7. The molecule has 0 atom stereocenters. The summed E-state index contributed by atoms with van der Waals surface area (Å²) in [7, 11) is 0. The maximum Gasteiger partial charge on any atom is 0.305 e. The van der Waals surface area contributed by atoms with Gasteiger partial charge in [-0.2, -0.15) is 0 Å². The molecule has 0 saturated heterocycles. The van der Waals surface area contributed by atoms with Crippen molar-refractivity contribution in [3.63, 3.8) is 0 Å². The van der Waals surface area contributed by atoms with Crippen LogP contribution in [0.5, 0.6) is 0 Å². The zero-order chi connectivity index (χ0) is 17.6. The van der Waals surface area contributed by atoms with Gasteiger partial charge < -0.3 is 4.74 Å². The average Bonchev–Trinajstić information content (AvgIpc) is 2.61. The van der Waals surface area contributed by atoms with Gasteiger partial charge in [0.1, 0.15) is 0 Å². The number of hydrogen-bond acceptors (Lipinski definition) is 3. The summed E-state index contributed by atoms with van der Waals surface area (Å²) in [6.07, 6.45) is 4.42. The van der Waals surface area contributed by atoms with Crippen LogP contribution in [0.25, 0.3) is 21.8 Å². The van der Waals surface area contributed by atoms with Crippen molar-refractivity contribution in [2.45, 2.75) is 39.0 Å². The van der Waals surface area contributed by atoms with Crippen LogP contribution in [0.3, 0.4) is 0 Å². The minimum atomic E-state index is -0.0925. The van der Waals surface area contributed by atoms with Gasteiger partial charge in [-0.1, -0.05) is 46.6 Å². The third kappa shape index (κ3) is 4.18. The summed E-state index contributed by atoms with van der Waals surface area (Å²) in [6.45, 7) is 2.30. The lowest BCUT2D eigenvalue weighted by atomic mass is 9.97. The Bertz CT molecular complexity index is 892. The lowest BCUT2D eigenvalue weighted by Gasteiger charge is -2.12. The van der Waals surface area contributed by atoms with Crippen molar-refractivity contribution < 1.29 is 9.53 Å². The monoisotopic (exact) mass is 399 g/mol. The number of unbranched alkanes of at least 4 members (excludes halogenated alkanes) is 2. The maximum atomic E-state index is 11.4. The summed E-state index contributed by atoms with van der Waals surface area (Å²) in [5, 5.41) is 2.42. The molecule has 1 heterocycles. The average molecular weight is 400 g/mol. The molecule has 3 aromatic rings. The van der Waals surface area contributed by atoms with Gasteiger partial charge in [0.25, 0.3) is 0 Å². The molecule has 0 N–H and O–H groups in total. The van der Waals surface area contributed by atoms with Crippen molar-refractivity contribution in [2.24, 2.45) is 0 Å². The third-order valence-electron chi connectivity index (χ3n) is 4.38. The predicted octanol–water partition coefficient (Wildman–Crippen LogP) is 5.82. The van der Waals surface area contributed by atoms with E-state index in [1.165, 1.54) is 16.3 Å². The Kier molecular flexibility index (Phi) is 6.03. The molecule has 0 spiro atoms. The molecule has 3 nitrogen and oxygen atoms in total. The smallest absolute Gasteiger partial charge is 0.305 e. The largest absolute Gasteiger partial charge is 0.466 e. The number of carbonyl (C=O) groups is 1. The van der Waals surface area contributed by atoms with E-state index in [0.29, 0.717) is 13.0 Å². The SMILES string of the molecule is CCOC(=O)CCCCCc1c2ccccc2nc2cccc(Br)c12. The number of ether oxygens (including phenoxy) is 1. The second-order valence-corrected chi connectivity index (χ2v) is 6.96. The van der Waals surface area contributed by atoms with Crippen LogP contribution in [0, 0.1) is 0 Å². The number of aromatic nitrogens is 1. The van der Waals surface area contributed by atoms with Crippen molar-refractivity contribution >= 4 is 43.7 Å². The second kappa shape index (κ2) is 8.43. The van der Waals surface area contributed by atoms with Gasteiger partial charge in [0, 0.05) is 21.7 Å². The van der Waals surface area contributed by atoms with Gasteiger partial charge in [0.2, 0.25) is 0 Å². The fourth-order valence-corrected chi connectivity index (χ4v) is 3.83. The summed E-state index contributed by atoms with van der Waals surface area (Å²) in [4.78, 5) is 16.2. The summed E-state index contributed by atoms with van der Waals surface area (Å²) >= 11 is 3.69. The van der Waals surface area contributed by atoms with Crippen LogP contribution in [-0.2, 0) is 16.0 Å². The number of halogens is 1. The molecular formula is C21H22BrNO2. The molecule has 0 aliphatic rings. The number of pyridine rings is 1. The van der Waals surface area contributed by atoms with Crippen LogP contribution >= 0.6 is 15.9 Å². The topological polar surface area (TPSA) is 39.2 Å². The van der Waals surface area contributed by atoms with Gasteiger partial charge in [-0.05, 0) is 49.9 Å². The van der Waals surface area contributed by atoms with Gasteiger partial charge in [-0.3, -0.25) is 4.79 Å². The molecule has 0 aliphatic carbocycles. The molecule has 0 bridgehead atoms. The molecule has 0 saturated carbocycles. The van der Waals surface area contributed by atoms with E-state index >= 15 is 0 Å². The first-order valence-corrected chi connectivity index (χ1v) is 9.61. The summed E-state index contributed by atoms with van der Waals surface area (Å²) < 4.78 is 6.07. The van der Waals surface area contributed by atoms with E-state index in [0.717, 1.165) is 41.2 Å². The molecule has 0 amide bonds. The minimum absolute atomic E-state index is 0.0925. The minimum Gasteiger partial charge on any atom is -0.466 e. The third-order valence-corrected chi connectivity index (χ3v) is 5.04. The van der Waals surface area contributed by atoms with E-state index in [-0.39, 0.29) is 5.97 Å². The van der Waals surface area contributed by atoms with Crippen LogP contribution in [-0.4, -0.2) is 17.6 Å². The van der Waals surface area contributed by atoms with Gasteiger partial charge >= 0.3 is 5.97 Å². The molecule has 0 unspecified atom stereocenters. The number of esters is 1. The highest BCUT2D eigenvalue weighted by Gasteiger charge is 2.11. The Labute approximate surface area is 156 Å². The Hall–Kier alpha value is -1.94. The molecule has 4 heteroatoms. The van der Waals surface area contributed by atoms with Gasteiger partial charge in [-0.25, -0.2) is 4.98 Å². The standard InChI is InChI=1S/C21H22BrNO2/c1-2-25-20(24)14-5-3-4-10-16-15-9-6-7-12-18(15)23-19-13-8-11-17(22)21(16)19/h6-9,11-13H,2-5,10,14H2,1H3. The Balaban J connectivity index is 1.80. The fraction of sp³-hybridized carbons (Fsp3) is 0.333. The van der Waals surface area contributed by atoms with E-state index in [9.17, 15) is 4.79 Å². The van der Waals surface area contributed by atoms with Gasteiger partial charge in [0.15, 0.2) is 0 Å². The summed E-state index contributed by atoms with van der Waals surface area (Å²) in [5.41, 5.74) is 3.40. The first-order chi connectivity index (χ1) is 12.2. The van der Waals surface area contributed by atoms with Crippen molar-refractivity contribution in [1.82, 2.24) is 4.98 Å². The molecule has 2 aromatic carbocycles. The first kappa shape index (κ1) is 17.9. The Morgan fingerprint density at radius 1 is 1.04 bits per heavy atom. The van der Waals surface area contributed by atoms with Crippen molar-refractivity contribution in [1.29, 1.82) is 0 Å². The molecule has 0 aliphatic heterocycles. The van der Waals surface area contributed by atoms with E-state index in [4.69, 9.17) is 9.72 Å². The molecule has 3 rings (SSSR count). The lowest BCUT2D eigenvalue weighted by Crippen LogP contribution is -2.03. The number of benzene rings is 2. The molecule has 0 radical (unpaired) electrons. The quantitative estimate of drug-likeness (QED) is 0.285. The van der Waals surface area contributed by atoms with Crippen LogP contribution in [0.2, 0.25) is 0 Å². The van der Waals surface area contributed by atoms with Gasteiger partial charge in [-0.15, -0.1) is 0 Å². The number of carbonyl (C=O) groups excluding carboxylic acids is 1. The summed E-state index contributed by atoms with van der Waals surface area (Å²) in [6, 6.07) is 14.5. The number of hydrogen-bond donors (Lipinski definition) is 0. The highest BCUT2D eigenvalue weighted by Crippen LogP contribution is 2.32. The van der Waals surface area contributed by atoms with Crippen LogP contribution in [0.15, 0.2) is 46.9 Å². The number of aryl methyl sites for hydroxylation is 1. The van der Waals surface area contributed by atoms with Crippen LogP contribution in [0.4, 0.5) is 0 Å². The van der Waals surface area contributed by atoms with E-state index in [2.05, 4.69) is 46.3 Å². The van der Waals surface area contributed by atoms with Crippen molar-refractivity contribution in [2.75, 3.05) is 6.61 Å².